The second-order valence-electron chi connectivity index (χ2n) is 8.25. The smallest absolute Gasteiger partial charge is 0.278 e. The number of hydrogen-bond acceptors (Lipinski definition) is 5. The van der Waals surface area contributed by atoms with E-state index in [-0.39, 0.29) is 24.5 Å². The summed E-state index contributed by atoms with van der Waals surface area (Å²) in [5.74, 6) is 0.202. The molecule has 4 rings (SSSR count). The Kier molecular flexibility index (Phi) is 6.61. The standard InChI is InChI=1S/C26H30N2O4/c1-4-31-21-13-11-20(12-14-21)23-24(26(30)28(25(23)29)16-17-32-18(2)3)27-15-7-9-19-8-5-6-10-22(19)27/h5-6,8,10-14,18H,4,7,9,15-17H2,1-3H3. The first-order chi connectivity index (χ1) is 15.5. The highest BCUT2D eigenvalue weighted by Gasteiger charge is 2.42. The number of carbonyl (C=O) groups excluding carboxylic acids is 2. The van der Waals surface area contributed by atoms with Gasteiger partial charge in [0.05, 0.1) is 31.4 Å². The summed E-state index contributed by atoms with van der Waals surface area (Å²) in [6, 6.07) is 15.5. The van der Waals surface area contributed by atoms with E-state index in [0.717, 1.165) is 29.8 Å². The fourth-order valence-electron chi connectivity index (χ4n) is 4.31. The normalized spacial score (nSPS) is 16.2. The molecule has 2 aliphatic rings. The van der Waals surface area contributed by atoms with Gasteiger partial charge in [0, 0.05) is 12.2 Å². The molecule has 0 atom stereocenters. The van der Waals surface area contributed by atoms with E-state index in [4.69, 9.17) is 9.47 Å². The summed E-state index contributed by atoms with van der Waals surface area (Å²) in [5, 5.41) is 0. The van der Waals surface area contributed by atoms with Gasteiger partial charge in [0.15, 0.2) is 0 Å². The van der Waals surface area contributed by atoms with Crippen molar-refractivity contribution < 1.29 is 19.1 Å². The van der Waals surface area contributed by atoms with Crippen LogP contribution in [0.5, 0.6) is 5.75 Å². The van der Waals surface area contributed by atoms with Crippen molar-refractivity contribution in [3.8, 4) is 5.75 Å². The number of rotatable bonds is 8. The van der Waals surface area contributed by atoms with Gasteiger partial charge in [-0.1, -0.05) is 30.3 Å². The molecule has 0 spiro atoms. The lowest BCUT2D eigenvalue weighted by molar-refractivity contribution is -0.138. The summed E-state index contributed by atoms with van der Waals surface area (Å²) in [5.41, 5.74) is 3.81. The van der Waals surface area contributed by atoms with Crippen molar-refractivity contribution in [1.29, 1.82) is 0 Å². The topological polar surface area (TPSA) is 59.1 Å². The number of hydrogen-bond donors (Lipinski definition) is 0. The van der Waals surface area contributed by atoms with Crippen LogP contribution in [0.1, 0.15) is 38.3 Å². The molecule has 2 aliphatic heterocycles. The number of carbonyl (C=O) groups is 2. The molecule has 0 unspecified atom stereocenters. The highest BCUT2D eigenvalue weighted by molar-refractivity contribution is 6.36. The lowest BCUT2D eigenvalue weighted by Gasteiger charge is -2.32. The van der Waals surface area contributed by atoms with Crippen LogP contribution in [-0.4, -0.2) is 49.1 Å². The van der Waals surface area contributed by atoms with E-state index in [1.807, 2.05) is 68.1 Å². The average molecular weight is 435 g/mol. The molecule has 0 saturated carbocycles. The molecule has 2 amide bonds. The van der Waals surface area contributed by atoms with Gasteiger partial charge in [0.1, 0.15) is 11.4 Å². The van der Waals surface area contributed by atoms with E-state index in [2.05, 4.69) is 6.07 Å². The summed E-state index contributed by atoms with van der Waals surface area (Å²) in [6.45, 7) is 7.62. The molecule has 6 heteroatoms. The minimum atomic E-state index is -0.274. The third kappa shape index (κ3) is 4.28. The van der Waals surface area contributed by atoms with Crippen molar-refractivity contribution in [1.82, 2.24) is 4.90 Å². The molecular formula is C26H30N2O4. The Balaban J connectivity index is 1.75. The van der Waals surface area contributed by atoms with E-state index in [9.17, 15) is 9.59 Å². The SMILES string of the molecule is CCOc1ccc(C2=C(N3CCCc4ccccc43)C(=O)N(CCOC(C)C)C2=O)cc1. The monoisotopic (exact) mass is 434 g/mol. The molecule has 0 radical (unpaired) electrons. The average Bonchev–Trinajstić information content (AvgIpc) is 3.04. The number of ether oxygens (including phenoxy) is 2. The lowest BCUT2D eigenvalue weighted by Crippen LogP contribution is -2.39. The van der Waals surface area contributed by atoms with Crippen molar-refractivity contribution in [2.75, 3.05) is 31.2 Å². The summed E-state index contributed by atoms with van der Waals surface area (Å²) < 4.78 is 11.2. The van der Waals surface area contributed by atoms with Crippen LogP contribution in [-0.2, 0) is 20.7 Å². The van der Waals surface area contributed by atoms with Crippen molar-refractivity contribution in [3.63, 3.8) is 0 Å². The highest BCUT2D eigenvalue weighted by Crippen LogP contribution is 2.38. The Morgan fingerprint density at radius 3 is 2.47 bits per heavy atom. The summed E-state index contributed by atoms with van der Waals surface area (Å²) in [6.07, 6.45) is 1.93. The molecular weight excluding hydrogens is 404 g/mol. The Labute approximate surface area is 189 Å². The van der Waals surface area contributed by atoms with Gasteiger partial charge >= 0.3 is 0 Å². The molecule has 0 bridgehead atoms. The number of anilines is 1. The number of fused-ring (bicyclic) bond motifs is 1. The number of imide groups is 1. The van der Waals surface area contributed by atoms with Gasteiger partial charge in [-0.05, 0) is 62.9 Å². The number of aryl methyl sites for hydroxylation is 1. The molecule has 0 saturated heterocycles. The largest absolute Gasteiger partial charge is 0.494 e. The third-order valence-corrected chi connectivity index (χ3v) is 5.74. The highest BCUT2D eigenvalue weighted by atomic mass is 16.5. The van der Waals surface area contributed by atoms with Crippen LogP contribution in [0.3, 0.4) is 0 Å². The summed E-state index contributed by atoms with van der Waals surface area (Å²) >= 11 is 0. The van der Waals surface area contributed by atoms with Gasteiger partial charge in [0.25, 0.3) is 11.8 Å². The fourth-order valence-corrected chi connectivity index (χ4v) is 4.31. The Bertz CT molecular complexity index is 1030. The maximum absolute atomic E-state index is 13.6. The molecule has 32 heavy (non-hydrogen) atoms. The molecule has 168 valence electrons. The van der Waals surface area contributed by atoms with Crippen LogP contribution in [0.15, 0.2) is 54.2 Å². The quantitative estimate of drug-likeness (QED) is 0.587. The molecule has 0 aliphatic carbocycles. The first-order valence-electron chi connectivity index (χ1n) is 11.3. The molecule has 2 heterocycles. The number of benzene rings is 2. The second kappa shape index (κ2) is 9.57. The predicted octanol–water partition coefficient (Wildman–Crippen LogP) is 4.04. The first-order valence-corrected chi connectivity index (χ1v) is 11.3. The van der Waals surface area contributed by atoms with Gasteiger partial charge in [-0.2, -0.15) is 0 Å². The number of amides is 2. The molecule has 0 aromatic heterocycles. The van der Waals surface area contributed by atoms with Gasteiger partial charge in [-0.3, -0.25) is 14.5 Å². The zero-order valence-electron chi connectivity index (χ0n) is 19.0. The number of para-hydroxylation sites is 1. The van der Waals surface area contributed by atoms with Gasteiger partial charge < -0.3 is 14.4 Å². The predicted molar refractivity (Wildman–Crippen MR) is 124 cm³/mol. The molecule has 0 N–H and O–H groups in total. The second-order valence-corrected chi connectivity index (χ2v) is 8.25. The Hall–Kier alpha value is -3.12. The van der Waals surface area contributed by atoms with E-state index in [1.165, 1.54) is 10.5 Å². The van der Waals surface area contributed by atoms with Crippen molar-refractivity contribution in [3.05, 3.63) is 65.4 Å². The molecule has 0 fully saturated rings. The van der Waals surface area contributed by atoms with Crippen LogP contribution >= 0.6 is 0 Å². The zero-order valence-corrected chi connectivity index (χ0v) is 19.0. The summed E-state index contributed by atoms with van der Waals surface area (Å²) in [4.78, 5) is 30.4. The minimum absolute atomic E-state index is 0.0368. The van der Waals surface area contributed by atoms with Crippen LogP contribution in [0.2, 0.25) is 0 Å². The fraction of sp³-hybridized carbons (Fsp3) is 0.385. The third-order valence-electron chi connectivity index (χ3n) is 5.74. The van der Waals surface area contributed by atoms with Crippen molar-refractivity contribution >= 4 is 23.1 Å². The van der Waals surface area contributed by atoms with Gasteiger partial charge in [-0.25, -0.2) is 0 Å². The first kappa shape index (κ1) is 22.1. The Morgan fingerprint density at radius 2 is 1.75 bits per heavy atom. The molecule has 6 nitrogen and oxygen atoms in total. The van der Waals surface area contributed by atoms with Gasteiger partial charge in [0.2, 0.25) is 0 Å². The zero-order chi connectivity index (χ0) is 22.7. The van der Waals surface area contributed by atoms with E-state index < -0.39 is 0 Å². The molecule has 2 aromatic rings. The van der Waals surface area contributed by atoms with Crippen LogP contribution in [0.4, 0.5) is 5.69 Å². The van der Waals surface area contributed by atoms with E-state index >= 15 is 0 Å². The number of nitrogens with zero attached hydrogens (tertiary/aromatic N) is 2. The lowest BCUT2D eigenvalue weighted by atomic mass is 9.98. The van der Waals surface area contributed by atoms with Crippen LogP contribution in [0, 0.1) is 0 Å². The van der Waals surface area contributed by atoms with Gasteiger partial charge in [-0.15, -0.1) is 0 Å². The maximum Gasteiger partial charge on any atom is 0.278 e. The van der Waals surface area contributed by atoms with E-state index in [1.54, 1.807) is 0 Å². The van der Waals surface area contributed by atoms with Crippen molar-refractivity contribution in [2.24, 2.45) is 0 Å². The van der Waals surface area contributed by atoms with E-state index in [0.29, 0.717) is 31.0 Å². The Morgan fingerprint density at radius 1 is 1.00 bits per heavy atom. The summed E-state index contributed by atoms with van der Waals surface area (Å²) in [7, 11) is 0. The van der Waals surface area contributed by atoms with Crippen LogP contribution < -0.4 is 9.64 Å². The molecule has 2 aromatic carbocycles. The van der Waals surface area contributed by atoms with Crippen LogP contribution in [0.25, 0.3) is 5.57 Å². The minimum Gasteiger partial charge on any atom is -0.494 e. The maximum atomic E-state index is 13.6. The van der Waals surface area contributed by atoms with Crippen molar-refractivity contribution in [2.45, 2.75) is 39.7 Å².